The predicted molar refractivity (Wildman–Crippen MR) is 105 cm³/mol. The first-order chi connectivity index (χ1) is 14.0. The first kappa shape index (κ1) is 21.0. The number of hydrogen-bond donors (Lipinski definition) is 1. The van der Waals surface area contributed by atoms with Crippen LogP contribution in [0.4, 0.5) is 0 Å². The molecular weight excluding hydrogens is 376 g/mol. The Balaban J connectivity index is 1.80. The fourth-order valence-electron chi connectivity index (χ4n) is 3.92. The Bertz CT molecular complexity index is 794. The molecule has 3 rings (SSSR count). The molecule has 0 radical (unpaired) electrons. The van der Waals surface area contributed by atoms with Crippen molar-refractivity contribution in [3.63, 3.8) is 0 Å². The largest absolute Gasteiger partial charge is 0.493 e. The van der Waals surface area contributed by atoms with E-state index in [9.17, 15) is 14.4 Å². The van der Waals surface area contributed by atoms with Crippen molar-refractivity contribution in [1.82, 2.24) is 10.2 Å². The Morgan fingerprint density at radius 1 is 1.21 bits per heavy atom. The van der Waals surface area contributed by atoms with E-state index >= 15 is 0 Å². The van der Waals surface area contributed by atoms with Gasteiger partial charge in [-0.25, -0.2) is 4.79 Å². The zero-order chi connectivity index (χ0) is 21.0. The summed E-state index contributed by atoms with van der Waals surface area (Å²) in [6.45, 7) is 2.70. The molecule has 0 saturated carbocycles. The number of cyclic esters (lactones) is 1. The molecule has 0 bridgehead atoms. The second-order valence-electron chi connectivity index (χ2n) is 7.23. The molecule has 1 saturated heterocycles. The maximum Gasteiger partial charge on any atom is 0.344 e. The molecule has 0 spiro atoms. The minimum absolute atomic E-state index is 0.211. The standard InChI is InChI=1S/C21H28N2O6/c1-4-5-6-7-12-22-19(25)14-9-11-16(24)23(14)20-13-8-10-15(27-2)18(28-3)17(13)21(26)29-20/h8,10,14,20H,4-7,9,11-12H2,1-3H3,(H,22,25). The molecule has 2 aliphatic heterocycles. The van der Waals surface area contributed by atoms with E-state index in [2.05, 4.69) is 12.2 Å². The average molecular weight is 404 g/mol. The Hall–Kier alpha value is -2.77. The number of amides is 2. The van der Waals surface area contributed by atoms with E-state index in [0.717, 1.165) is 25.7 Å². The highest BCUT2D eigenvalue weighted by Crippen LogP contribution is 2.45. The summed E-state index contributed by atoms with van der Waals surface area (Å²) in [6.07, 6.45) is 3.91. The number of nitrogens with zero attached hydrogens (tertiary/aromatic N) is 1. The molecular formula is C21H28N2O6. The number of carbonyl (C=O) groups is 3. The van der Waals surface area contributed by atoms with Crippen LogP contribution in [0.3, 0.4) is 0 Å². The van der Waals surface area contributed by atoms with Crippen molar-refractivity contribution >= 4 is 17.8 Å². The van der Waals surface area contributed by atoms with Gasteiger partial charge in [0.2, 0.25) is 18.0 Å². The third kappa shape index (κ3) is 4.02. The number of ether oxygens (including phenoxy) is 3. The Morgan fingerprint density at radius 2 is 2.00 bits per heavy atom. The molecule has 1 aromatic carbocycles. The number of benzene rings is 1. The highest BCUT2D eigenvalue weighted by Gasteiger charge is 2.47. The predicted octanol–water partition coefficient (Wildman–Crippen LogP) is 2.56. The van der Waals surface area contributed by atoms with Crippen LogP contribution in [0.15, 0.2) is 12.1 Å². The summed E-state index contributed by atoms with van der Waals surface area (Å²) in [5, 5.41) is 2.92. The fraction of sp³-hybridized carbons (Fsp3) is 0.571. The van der Waals surface area contributed by atoms with Gasteiger partial charge in [-0.2, -0.15) is 0 Å². The lowest BCUT2D eigenvalue weighted by Gasteiger charge is -2.29. The van der Waals surface area contributed by atoms with Crippen LogP contribution in [0.1, 0.15) is 67.6 Å². The number of carbonyl (C=O) groups excluding carboxylic acids is 3. The number of methoxy groups -OCH3 is 2. The van der Waals surface area contributed by atoms with Crippen LogP contribution in [0.2, 0.25) is 0 Å². The molecule has 8 heteroatoms. The lowest BCUT2D eigenvalue weighted by atomic mass is 10.1. The van der Waals surface area contributed by atoms with Crippen molar-refractivity contribution in [1.29, 1.82) is 0 Å². The molecule has 2 unspecified atom stereocenters. The fourth-order valence-corrected chi connectivity index (χ4v) is 3.92. The third-order valence-corrected chi connectivity index (χ3v) is 5.41. The molecule has 8 nitrogen and oxygen atoms in total. The number of nitrogens with one attached hydrogen (secondary N) is 1. The molecule has 0 aliphatic carbocycles. The van der Waals surface area contributed by atoms with Gasteiger partial charge in [-0.1, -0.05) is 26.2 Å². The van der Waals surface area contributed by atoms with Gasteiger partial charge in [-0.3, -0.25) is 14.5 Å². The van der Waals surface area contributed by atoms with Crippen LogP contribution in [-0.2, 0) is 14.3 Å². The van der Waals surface area contributed by atoms with E-state index in [1.165, 1.54) is 19.1 Å². The van der Waals surface area contributed by atoms with E-state index in [-0.39, 0.29) is 29.5 Å². The van der Waals surface area contributed by atoms with Gasteiger partial charge in [0.05, 0.1) is 14.2 Å². The maximum atomic E-state index is 12.7. The lowest BCUT2D eigenvalue weighted by molar-refractivity contribution is -0.145. The van der Waals surface area contributed by atoms with Gasteiger partial charge < -0.3 is 19.5 Å². The SMILES string of the molecule is CCCCCCNC(=O)C1CCC(=O)N1C1OC(=O)c2c1ccc(OC)c2OC. The molecule has 1 aromatic rings. The number of likely N-dealkylation sites (tertiary alicyclic amines) is 1. The second kappa shape index (κ2) is 9.15. The maximum absolute atomic E-state index is 12.7. The highest BCUT2D eigenvalue weighted by molar-refractivity contribution is 5.99. The molecule has 1 fully saturated rings. The van der Waals surface area contributed by atoms with Crippen LogP contribution in [0, 0.1) is 0 Å². The van der Waals surface area contributed by atoms with Gasteiger partial charge in [0.15, 0.2) is 11.5 Å². The van der Waals surface area contributed by atoms with E-state index in [1.54, 1.807) is 12.1 Å². The minimum Gasteiger partial charge on any atom is -0.493 e. The summed E-state index contributed by atoms with van der Waals surface area (Å²) >= 11 is 0. The third-order valence-electron chi connectivity index (χ3n) is 5.41. The number of hydrogen-bond acceptors (Lipinski definition) is 6. The zero-order valence-corrected chi connectivity index (χ0v) is 17.2. The van der Waals surface area contributed by atoms with E-state index < -0.39 is 18.2 Å². The highest BCUT2D eigenvalue weighted by atomic mass is 16.6. The van der Waals surface area contributed by atoms with Gasteiger partial charge in [-0.15, -0.1) is 0 Å². The van der Waals surface area contributed by atoms with E-state index in [0.29, 0.717) is 24.3 Å². The van der Waals surface area contributed by atoms with Crippen LogP contribution in [0.5, 0.6) is 11.5 Å². The van der Waals surface area contributed by atoms with Crippen molar-refractivity contribution in [2.45, 2.75) is 57.7 Å². The van der Waals surface area contributed by atoms with Gasteiger partial charge in [0.25, 0.3) is 0 Å². The normalized spacial score (nSPS) is 20.4. The Morgan fingerprint density at radius 3 is 2.69 bits per heavy atom. The Kier molecular flexibility index (Phi) is 6.61. The number of fused-ring (bicyclic) bond motifs is 1. The van der Waals surface area contributed by atoms with Crippen molar-refractivity contribution in [3.8, 4) is 11.5 Å². The van der Waals surface area contributed by atoms with Gasteiger partial charge in [-0.05, 0) is 25.0 Å². The first-order valence-electron chi connectivity index (χ1n) is 10.1. The van der Waals surface area contributed by atoms with Gasteiger partial charge in [0, 0.05) is 18.5 Å². The van der Waals surface area contributed by atoms with Crippen molar-refractivity contribution in [3.05, 3.63) is 23.3 Å². The lowest BCUT2D eigenvalue weighted by Crippen LogP contribution is -2.46. The molecule has 29 heavy (non-hydrogen) atoms. The van der Waals surface area contributed by atoms with Crippen molar-refractivity contribution in [2.75, 3.05) is 20.8 Å². The van der Waals surface area contributed by atoms with Crippen LogP contribution >= 0.6 is 0 Å². The molecule has 158 valence electrons. The zero-order valence-electron chi connectivity index (χ0n) is 17.2. The smallest absolute Gasteiger partial charge is 0.344 e. The summed E-state index contributed by atoms with van der Waals surface area (Å²) in [5.74, 6) is -0.355. The number of rotatable bonds is 9. The summed E-state index contributed by atoms with van der Waals surface area (Å²) in [7, 11) is 2.92. The number of unbranched alkanes of at least 4 members (excludes halogenated alkanes) is 3. The van der Waals surface area contributed by atoms with Gasteiger partial charge >= 0.3 is 5.97 Å². The number of esters is 1. The Labute approximate surface area is 170 Å². The quantitative estimate of drug-likeness (QED) is 0.502. The summed E-state index contributed by atoms with van der Waals surface area (Å²) in [6, 6.07) is 2.68. The van der Waals surface area contributed by atoms with Crippen LogP contribution < -0.4 is 14.8 Å². The topological polar surface area (TPSA) is 94.2 Å². The van der Waals surface area contributed by atoms with Crippen LogP contribution in [-0.4, -0.2) is 49.5 Å². The van der Waals surface area contributed by atoms with Crippen molar-refractivity contribution < 1.29 is 28.6 Å². The first-order valence-corrected chi connectivity index (χ1v) is 10.1. The summed E-state index contributed by atoms with van der Waals surface area (Å²) in [4.78, 5) is 39.2. The molecule has 1 N–H and O–H groups in total. The average Bonchev–Trinajstić information content (AvgIpc) is 3.26. The van der Waals surface area contributed by atoms with Crippen molar-refractivity contribution in [2.24, 2.45) is 0 Å². The second-order valence-corrected chi connectivity index (χ2v) is 7.23. The molecule has 0 aromatic heterocycles. The summed E-state index contributed by atoms with van der Waals surface area (Å²) < 4.78 is 16.1. The summed E-state index contributed by atoms with van der Waals surface area (Å²) in [5.41, 5.74) is 0.735. The minimum atomic E-state index is -0.942. The molecule has 2 atom stereocenters. The van der Waals surface area contributed by atoms with Crippen LogP contribution in [0.25, 0.3) is 0 Å². The van der Waals surface area contributed by atoms with Gasteiger partial charge in [0.1, 0.15) is 11.6 Å². The molecule has 2 heterocycles. The van der Waals surface area contributed by atoms with E-state index in [1.807, 2.05) is 0 Å². The molecule has 2 amide bonds. The monoisotopic (exact) mass is 404 g/mol. The molecule has 2 aliphatic rings. The van der Waals surface area contributed by atoms with E-state index in [4.69, 9.17) is 14.2 Å².